The van der Waals surface area contributed by atoms with E-state index >= 15 is 0 Å². The number of furan rings is 1. The molecule has 2 heterocycles. The number of carbonyl (C=O) groups excluding carboxylic acids is 3. The first-order valence-electron chi connectivity index (χ1n) is 14.6. The molecular formula is C33H37N5O4S. The van der Waals surface area contributed by atoms with Crippen molar-refractivity contribution in [1.82, 2.24) is 15.0 Å². The van der Waals surface area contributed by atoms with Gasteiger partial charge in [-0.2, -0.15) is 4.37 Å². The number of aryl methyl sites for hydroxylation is 3. The van der Waals surface area contributed by atoms with Gasteiger partial charge in [-0.3, -0.25) is 19.3 Å². The Morgan fingerprint density at radius 2 is 1.77 bits per heavy atom. The monoisotopic (exact) mass is 599 g/mol. The molecule has 4 aromatic rings. The van der Waals surface area contributed by atoms with Gasteiger partial charge < -0.3 is 20.8 Å². The second kappa shape index (κ2) is 13.2. The minimum atomic E-state index is -1.16. The van der Waals surface area contributed by atoms with Crippen LogP contribution in [0.25, 0.3) is 0 Å². The lowest BCUT2D eigenvalue weighted by atomic mass is 9.95. The lowest BCUT2D eigenvalue weighted by molar-refractivity contribution is -0.123. The second-order valence-corrected chi connectivity index (χ2v) is 11.9. The molecule has 43 heavy (non-hydrogen) atoms. The topological polar surface area (TPSA) is 131 Å². The Kier molecular flexibility index (Phi) is 9.25. The Labute approximate surface area is 255 Å². The maximum absolute atomic E-state index is 14.5. The predicted octanol–water partition coefficient (Wildman–Crippen LogP) is 6.01. The Morgan fingerprint density at radius 1 is 1.02 bits per heavy atom. The van der Waals surface area contributed by atoms with Gasteiger partial charge in [-0.15, -0.1) is 0 Å². The molecule has 1 saturated carbocycles. The molecule has 0 aliphatic heterocycles. The summed E-state index contributed by atoms with van der Waals surface area (Å²) in [5.41, 5.74) is 9.61. The van der Waals surface area contributed by atoms with E-state index in [0.29, 0.717) is 17.2 Å². The minimum Gasteiger partial charge on any atom is -0.464 e. The normalized spacial score (nSPS) is 14.2. The Hall–Kier alpha value is -4.44. The van der Waals surface area contributed by atoms with Gasteiger partial charge in [0.2, 0.25) is 0 Å². The summed E-state index contributed by atoms with van der Waals surface area (Å²) in [6.45, 7) is 5.84. The van der Waals surface area contributed by atoms with Crippen molar-refractivity contribution in [1.29, 1.82) is 0 Å². The van der Waals surface area contributed by atoms with Crippen molar-refractivity contribution >= 4 is 40.6 Å². The van der Waals surface area contributed by atoms with E-state index in [9.17, 15) is 14.4 Å². The second-order valence-electron chi connectivity index (χ2n) is 11.1. The van der Waals surface area contributed by atoms with E-state index in [0.717, 1.165) is 60.3 Å². The number of aromatic nitrogens is 1. The van der Waals surface area contributed by atoms with Gasteiger partial charge >= 0.3 is 0 Å². The van der Waals surface area contributed by atoms with Crippen molar-refractivity contribution in [3.63, 3.8) is 0 Å². The first-order chi connectivity index (χ1) is 20.7. The van der Waals surface area contributed by atoms with Crippen LogP contribution in [-0.2, 0) is 11.3 Å². The molecule has 224 valence electrons. The number of hydrogen-bond donors (Lipinski definition) is 3. The zero-order valence-electron chi connectivity index (χ0n) is 24.7. The van der Waals surface area contributed by atoms with E-state index in [4.69, 9.17) is 10.2 Å². The molecule has 4 N–H and O–H groups in total. The zero-order chi connectivity index (χ0) is 30.5. The molecule has 2 aromatic heterocycles. The van der Waals surface area contributed by atoms with Gasteiger partial charge in [-0.05, 0) is 80.0 Å². The average Bonchev–Trinajstić information content (AvgIpc) is 3.61. The number of carbonyl (C=O) groups is 3. The molecule has 5 rings (SSSR count). The van der Waals surface area contributed by atoms with Crippen LogP contribution in [0, 0.1) is 20.8 Å². The van der Waals surface area contributed by atoms with Crippen molar-refractivity contribution in [2.45, 2.75) is 71.5 Å². The summed E-state index contributed by atoms with van der Waals surface area (Å²) in [7, 11) is 0. The molecule has 0 bridgehead atoms. The highest BCUT2D eigenvalue weighted by Gasteiger charge is 2.38. The molecule has 0 unspecified atom stereocenters. The zero-order valence-corrected chi connectivity index (χ0v) is 25.5. The molecule has 0 saturated heterocycles. The molecule has 1 fully saturated rings. The summed E-state index contributed by atoms with van der Waals surface area (Å²) in [6.07, 6.45) is 5.10. The number of amides is 3. The highest BCUT2D eigenvalue weighted by Crippen LogP contribution is 2.36. The van der Waals surface area contributed by atoms with Crippen molar-refractivity contribution in [3.05, 3.63) is 99.4 Å². The molecule has 0 radical (unpaired) electrons. The molecule has 1 atom stereocenters. The summed E-state index contributed by atoms with van der Waals surface area (Å²) < 4.78 is 10.3. The highest BCUT2D eigenvalue weighted by atomic mass is 32.1. The van der Waals surface area contributed by atoms with Crippen LogP contribution in [-0.4, -0.2) is 28.1 Å². The Morgan fingerprint density at radius 3 is 2.47 bits per heavy atom. The molecule has 1 aliphatic carbocycles. The number of nitrogens with two attached hydrogens (primary N) is 1. The van der Waals surface area contributed by atoms with Crippen molar-refractivity contribution in [2.24, 2.45) is 0 Å². The van der Waals surface area contributed by atoms with Crippen LogP contribution in [0.1, 0.15) is 86.5 Å². The number of anilines is 2. The number of nitrogen functional groups attached to an aromatic ring is 1. The first kappa shape index (κ1) is 30.0. The van der Waals surface area contributed by atoms with Crippen LogP contribution in [0.3, 0.4) is 0 Å². The molecule has 1 aliphatic rings. The molecule has 3 amide bonds. The Balaban J connectivity index is 1.54. The van der Waals surface area contributed by atoms with E-state index in [1.807, 2.05) is 62.4 Å². The molecule has 9 nitrogen and oxygen atoms in total. The summed E-state index contributed by atoms with van der Waals surface area (Å²) in [5.74, 6) is -0.462. The van der Waals surface area contributed by atoms with Gasteiger partial charge in [-0.1, -0.05) is 61.7 Å². The molecule has 10 heteroatoms. The van der Waals surface area contributed by atoms with E-state index in [-0.39, 0.29) is 28.8 Å². The van der Waals surface area contributed by atoms with Gasteiger partial charge in [0.05, 0.1) is 5.69 Å². The standard InChI is InChI=1S/C33H37N5O4S/c1-20-14-15-21(2)25(18-20)38(29(26-17-16-22(3)42-26)32(40)35-19-23-10-6-4-7-11-23)33(41)30-27(34)28(37-43-30)31(39)36-24-12-8-5-9-13-24/h4,6-7,10-11,14-18,24,29H,5,8-9,12-13,19,34H2,1-3H3,(H,35,40)(H,36,39)/t29-/m1/s1. The van der Waals surface area contributed by atoms with E-state index in [1.165, 1.54) is 4.90 Å². The van der Waals surface area contributed by atoms with Gasteiger partial charge in [-0.25, -0.2) is 0 Å². The third kappa shape index (κ3) is 6.80. The van der Waals surface area contributed by atoms with Gasteiger partial charge in [0.15, 0.2) is 11.7 Å². The summed E-state index contributed by atoms with van der Waals surface area (Å²) in [4.78, 5) is 43.2. The van der Waals surface area contributed by atoms with Crippen LogP contribution < -0.4 is 21.3 Å². The van der Waals surface area contributed by atoms with E-state index < -0.39 is 23.8 Å². The Bertz CT molecular complexity index is 1610. The average molecular weight is 600 g/mol. The van der Waals surface area contributed by atoms with Crippen molar-refractivity contribution < 1.29 is 18.8 Å². The SMILES string of the molecule is Cc1ccc(C)c(N(C(=O)c2snc(C(=O)NC3CCCCC3)c2N)[C@@H](C(=O)NCc2ccccc2)c2ccc(C)o2)c1. The maximum atomic E-state index is 14.5. The van der Waals surface area contributed by atoms with Gasteiger partial charge in [0, 0.05) is 18.3 Å². The number of rotatable bonds is 9. The summed E-state index contributed by atoms with van der Waals surface area (Å²) in [5, 5.41) is 6.01. The fourth-order valence-corrected chi connectivity index (χ4v) is 6.16. The van der Waals surface area contributed by atoms with Crippen LogP contribution in [0.4, 0.5) is 11.4 Å². The largest absolute Gasteiger partial charge is 0.464 e. The quantitative estimate of drug-likeness (QED) is 0.216. The lowest BCUT2D eigenvalue weighted by Gasteiger charge is -2.31. The van der Waals surface area contributed by atoms with Crippen LogP contribution in [0.15, 0.2) is 65.1 Å². The smallest absolute Gasteiger partial charge is 0.273 e. The number of benzene rings is 2. The highest BCUT2D eigenvalue weighted by molar-refractivity contribution is 7.09. The summed E-state index contributed by atoms with van der Waals surface area (Å²) >= 11 is 0.858. The molecule has 2 aromatic carbocycles. The van der Waals surface area contributed by atoms with Gasteiger partial charge in [0.1, 0.15) is 16.4 Å². The van der Waals surface area contributed by atoms with Crippen molar-refractivity contribution in [3.8, 4) is 0 Å². The lowest BCUT2D eigenvalue weighted by Crippen LogP contribution is -2.44. The number of nitrogens with one attached hydrogen (secondary N) is 2. The minimum absolute atomic E-state index is 0.00214. The maximum Gasteiger partial charge on any atom is 0.273 e. The third-order valence-corrected chi connectivity index (χ3v) is 8.62. The van der Waals surface area contributed by atoms with E-state index in [1.54, 1.807) is 19.1 Å². The number of hydrogen-bond acceptors (Lipinski definition) is 7. The molecule has 0 spiro atoms. The fraction of sp³-hybridized carbons (Fsp3) is 0.333. The number of nitrogens with zero attached hydrogens (tertiary/aromatic N) is 2. The third-order valence-electron chi connectivity index (χ3n) is 7.77. The van der Waals surface area contributed by atoms with Crippen LogP contribution in [0.5, 0.6) is 0 Å². The fourth-order valence-electron chi connectivity index (χ4n) is 5.43. The summed E-state index contributed by atoms with van der Waals surface area (Å²) in [6, 6.07) is 17.6. The van der Waals surface area contributed by atoms with Crippen molar-refractivity contribution in [2.75, 3.05) is 10.6 Å². The predicted molar refractivity (Wildman–Crippen MR) is 168 cm³/mol. The van der Waals surface area contributed by atoms with Crippen LogP contribution in [0.2, 0.25) is 0 Å². The van der Waals surface area contributed by atoms with Gasteiger partial charge in [0.25, 0.3) is 17.7 Å². The van der Waals surface area contributed by atoms with Crippen LogP contribution >= 0.6 is 11.5 Å². The van der Waals surface area contributed by atoms with E-state index in [2.05, 4.69) is 15.0 Å². The molecular weight excluding hydrogens is 562 g/mol. The first-order valence-corrected chi connectivity index (χ1v) is 15.3.